The van der Waals surface area contributed by atoms with Gasteiger partial charge in [0.05, 0.1) is 0 Å². The summed E-state index contributed by atoms with van der Waals surface area (Å²) in [5.41, 5.74) is 4.10. The third kappa shape index (κ3) is 2.71. The van der Waals surface area contributed by atoms with Crippen LogP contribution in [0.25, 0.3) is 11.1 Å². The lowest BCUT2D eigenvalue weighted by atomic mass is 10.00. The van der Waals surface area contributed by atoms with E-state index in [1.54, 1.807) is 18.3 Å². The minimum Gasteiger partial charge on any atom is -0.276 e. The van der Waals surface area contributed by atoms with Gasteiger partial charge in [-0.3, -0.25) is 9.78 Å². The van der Waals surface area contributed by atoms with Gasteiger partial charge < -0.3 is 0 Å². The molecule has 2 nitrogen and oxygen atoms in total. The summed E-state index contributed by atoms with van der Waals surface area (Å²) >= 11 is 11.4. The Balaban J connectivity index is 2.60. The van der Waals surface area contributed by atoms with Crippen LogP contribution in [-0.2, 0) is 5.88 Å². The number of carbonyl (C=O) groups excluding carboxylic acids is 1. The summed E-state index contributed by atoms with van der Waals surface area (Å²) in [6.45, 7) is 1.92. The van der Waals surface area contributed by atoms with E-state index in [4.69, 9.17) is 23.2 Å². The summed E-state index contributed by atoms with van der Waals surface area (Å²) in [5, 5.41) is -0.482. The van der Waals surface area contributed by atoms with Crippen LogP contribution in [0.1, 0.15) is 21.6 Å². The fraction of sp³-hybridized carbons (Fsp3) is 0.143. The van der Waals surface area contributed by atoms with Crippen molar-refractivity contribution >= 4 is 28.4 Å². The Hall–Kier alpha value is -1.38. The zero-order valence-corrected chi connectivity index (χ0v) is 11.3. The van der Waals surface area contributed by atoms with Crippen molar-refractivity contribution in [2.75, 3.05) is 0 Å². The number of aromatic nitrogens is 1. The van der Waals surface area contributed by atoms with Crippen LogP contribution in [0.4, 0.5) is 0 Å². The van der Waals surface area contributed by atoms with Crippen molar-refractivity contribution in [1.29, 1.82) is 0 Å². The predicted molar refractivity (Wildman–Crippen MR) is 74.2 cm³/mol. The zero-order valence-electron chi connectivity index (χ0n) is 9.78. The minimum absolute atomic E-state index is 0.338. The van der Waals surface area contributed by atoms with Gasteiger partial charge in [-0.2, -0.15) is 0 Å². The van der Waals surface area contributed by atoms with Crippen LogP contribution >= 0.6 is 23.2 Å². The Morgan fingerprint density at radius 1 is 1.33 bits per heavy atom. The van der Waals surface area contributed by atoms with Gasteiger partial charge in [0.15, 0.2) is 0 Å². The number of hydrogen-bond acceptors (Lipinski definition) is 2. The predicted octanol–water partition coefficient (Wildman–Crippen LogP) is 4.17. The van der Waals surface area contributed by atoms with Crippen molar-refractivity contribution in [3.8, 4) is 11.1 Å². The summed E-state index contributed by atoms with van der Waals surface area (Å²) in [7, 11) is 0. The maximum Gasteiger partial charge on any atom is 0.252 e. The molecule has 1 aromatic carbocycles. The second-order valence-corrected chi connectivity index (χ2v) is 4.57. The first-order valence-corrected chi connectivity index (χ1v) is 6.35. The van der Waals surface area contributed by atoms with Gasteiger partial charge in [0.2, 0.25) is 0 Å². The maximum absolute atomic E-state index is 11.3. The van der Waals surface area contributed by atoms with Crippen LogP contribution in [0.2, 0.25) is 0 Å². The average Bonchev–Trinajstić information content (AvgIpc) is 2.38. The van der Waals surface area contributed by atoms with E-state index in [0.29, 0.717) is 11.4 Å². The SMILES string of the molecule is Cc1ncccc1-c1cc(CCl)cc(C(=O)Cl)c1. The van der Waals surface area contributed by atoms with E-state index >= 15 is 0 Å². The lowest BCUT2D eigenvalue weighted by Crippen LogP contribution is -1.94. The van der Waals surface area contributed by atoms with Crippen molar-refractivity contribution in [2.45, 2.75) is 12.8 Å². The monoisotopic (exact) mass is 279 g/mol. The van der Waals surface area contributed by atoms with Crippen LogP contribution in [-0.4, -0.2) is 10.2 Å². The molecule has 0 atom stereocenters. The number of hydrogen-bond donors (Lipinski definition) is 0. The Morgan fingerprint density at radius 3 is 2.72 bits per heavy atom. The molecule has 0 radical (unpaired) electrons. The van der Waals surface area contributed by atoms with E-state index in [1.165, 1.54) is 0 Å². The molecule has 0 aliphatic carbocycles. The minimum atomic E-state index is -0.482. The first-order chi connectivity index (χ1) is 8.61. The molecule has 18 heavy (non-hydrogen) atoms. The highest BCUT2D eigenvalue weighted by molar-refractivity contribution is 6.67. The molecular formula is C14H11Cl2NO. The van der Waals surface area contributed by atoms with Gasteiger partial charge in [-0.15, -0.1) is 11.6 Å². The number of rotatable bonds is 3. The van der Waals surface area contributed by atoms with E-state index in [-0.39, 0.29) is 0 Å². The van der Waals surface area contributed by atoms with E-state index in [0.717, 1.165) is 22.4 Å². The normalized spacial score (nSPS) is 10.4. The van der Waals surface area contributed by atoms with Crippen molar-refractivity contribution in [2.24, 2.45) is 0 Å². The number of carbonyl (C=O) groups is 1. The van der Waals surface area contributed by atoms with Crippen LogP contribution in [0, 0.1) is 6.92 Å². The number of halogens is 2. The Bertz CT molecular complexity index is 596. The molecule has 0 saturated carbocycles. The third-order valence-electron chi connectivity index (χ3n) is 2.69. The molecule has 0 saturated heterocycles. The molecule has 0 unspecified atom stereocenters. The van der Waals surface area contributed by atoms with Gasteiger partial charge in [-0.25, -0.2) is 0 Å². The molecule has 92 valence electrons. The van der Waals surface area contributed by atoms with Crippen LogP contribution in [0.15, 0.2) is 36.5 Å². The third-order valence-corrected chi connectivity index (χ3v) is 3.22. The lowest BCUT2D eigenvalue weighted by Gasteiger charge is -2.08. The van der Waals surface area contributed by atoms with E-state index in [1.807, 2.05) is 25.1 Å². The number of pyridine rings is 1. The smallest absolute Gasteiger partial charge is 0.252 e. The Morgan fingerprint density at radius 2 is 2.11 bits per heavy atom. The second-order valence-electron chi connectivity index (χ2n) is 3.96. The van der Waals surface area contributed by atoms with Gasteiger partial charge in [0.25, 0.3) is 5.24 Å². The molecule has 1 aromatic heterocycles. The molecule has 0 bridgehead atoms. The summed E-state index contributed by atoms with van der Waals surface area (Å²) in [4.78, 5) is 15.5. The quantitative estimate of drug-likeness (QED) is 0.623. The van der Waals surface area contributed by atoms with Gasteiger partial charge in [0.1, 0.15) is 0 Å². The van der Waals surface area contributed by atoms with Crippen molar-refractivity contribution in [3.05, 3.63) is 53.3 Å². The standard InChI is InChI=1S/C14H11Cl2NO/c1-9-13(3-2-4-17-9)11-5-10(8-15)6-12(7-11)14(16)18/h2-7H,8H2,1H3. The van der Waals surface area contributed by atoms with Gasteiger partial charge in [-0.1, -0.05) is 6.07 Å². The van der Waals surface area contributed by atoms with Gasteiger partial charge >= 0.3 is 0 Å². The zero-order chi connectivity index (χ0) is 13.1. The molecule has 4 heteroatoms. The number of aryl methyl sites for hydroxylation is 1. The summed E-state index contributed by atoms with van der Waals surface area (Å²) < 4.78 is 0. The number of benzene rings is 1. The largest absolute Gasteiger partial charge is 0.276 e. The molecule has 2 rings (SSSR count). The summed E-state index contributed by atoms with van der Waals surface area (Å²) in [5.74, 6) is 0.338. The molecular weight excluding hydrogens is 269 g/mol. The summed E-state index contributed by atoms with van der Waals surface area (Å²) in [6, 6.07) is 9.23. The first-order valence-electron chi connectivity index (χ1n) is 5.43. The summed E-state index contributed by atoms with van der Waals surface area (Å²) in [6.07, 6.45) is 1.73. The van der Waals surface area contributed by atoms with E-state index in [9.17, 15) is 4.79 Å². The first kappa shape index (κ1) is 13.1. The van der Waals surface area contributed by atoms with Gasteiger partial charge in [-0.05, 0) is 53.9 Å². The lowest BCUT2D eigenvalue weighted by molar-refractivity contribution is 0.108. The maximum atomic E-state index is 11.3. The van der Waals surface area contributed by atoms with E-state index in [2.05, 4.69) is 4.98 Å². The highest BCUT2D eigenvalue weighted by Crippen LogP contribution is 2.25. The molecule has 0 amide bonds. The fourth-order valence-electron chi connectivity index (χ4n) is 1.83. The highest BCUT2D eigenvalue weighted by atomic mass is 35.5. The molecule has 0 N–H and O–H groups in total. The molecule has 0 spiro atoms. The molecule has 0 fully saturated rings. The number of nitrogens with zero attached hydrogens (tertiary/aromatic N) is 1. The van der Waals surface area contributed by atoms with Crippen LogP contribution < -0.4 is 0 Å². The van der Waals surface area contributed by atoms with Crippen molar-refractivity contribution in [1.82, 2.24) is 4.98 Å². The second kappa shape index (κ2) is 5.51. The molecule has 2 aromatic rings. The fourth-order valence-corrected chi connectivity index (χ4v) is 2.09. The Kier molecular flexibility index (Phi) is 4.00. The average molecular weight is 280 g/mol. The van der Waals surface area contributed by atoms with E-state index < -0.39 is 5.24 Å². The van der Waals surface area contributed by atoms with Crippen LogP contribution in [0.5, 0.6) is 0 Å². The molecule has 1 heterocycles. The molecule has 0 aliphatic heterocycles. The number of alkyl halides is 1. The topological polar surface area (TPSA) is 30.0 Å². The Labute approximate surface area is 116 Å². The van der Waals surface area contributed by atoms with Crippen LogP contribution in [0.3, 0.4) is 0 Å². The van der Waals surface area contributed by atoms with Gasteiger partial charge in [0, 0.05) is 28.9 Å². The molecule has 0 aliphatic rings. The highest BCUT2D eigenvalue weighted by Gasteiger charge is 2.09. The van der Waals surface area contributed by atoms with Crippen molar-refractivity contribution in [3.63, 3.8) is 0 Å². The van der Waals surface area contributed by atoms with Crippen molar-refractivity contribution < 1.29 is 4.79 Å².